The molecule has 0 bridgehead atoms. The molecule has 0 aromatic heterocycles. The van der Waals surface area contributed by atoms with Crippen molar-refractivity contribution in [3.63, 3.8) is 0 Å². The van der Waals surface area contributed by atoms with E-state index >= 15 is 0 Å². The summed E-state index contributed by atoms with van der Waals surface area (Å²) in [5.74, 6) is 0.361. The maximum absolute atomic E-state index is 11.6. The van der Waals surface area contributed by atoms with Crippen molar-refractivity contribution in [1.82, 2.24) is 5.32 Å². The zero-order valence-corrected chi connectivity index (χ0v) is 11.4. The molecule has 0 spiro atoms. The molecule has 6 heteroatoms. The molecule has 0 heterocycles. The molecule has 2 unspecified atom stereocenters. The first kappa shape index (κ1) is 15.5. The first-order valence-electron chi connectivity index (χ1n) is 4.93. The van der Waals surface area contributed by atoms with E-state index < -0.39 is 6.04 Å². The molecule has 0 saturated heterocycles. The number of Topliss-reactive ketones (excluding diaryl/α,β-unsaturated/α-hetero) is 1. The quantitative estimate of drug-likeness (QED) is 0.699. The van der Waals surface area contributed by atoms with Gasteiger partial charge in [-0.2, -0.15) is 12.6 Å². The molecule has 4 nitrogen and oxygen atoms in total. The van der Waals surface area contributed by atoms with Gasteiger partial charge in [-0.15, -0.1) is 0 Å². The Hall–Kier alpha value is -0.490. The molecule has 0 radical (unpaired) electrons. The topological polar surface area (TPSA) is 63.2 Å². The third-order valence-electron chi connectivity index (χ3n) is 2.01. The van der Waals surface area contributed by atoms with Crippen LogP contribution in [0.4, 0.5) is 0 Å². The highest BCUT2D eigenvalue weighted by molar-refractivity contribution is 8.13. The van der Waals surface area contributed by atoms with Gasteiger partial charge in [-0.1, -0.05) is 18.7 Å². The number of amides is 1. The van der Waals surface area contributed by atoms with Crippen LogP contribution in [0.2, 0.25) is 0 Å². The van der Waals surface area contributed by atoms with Crippen LogP contribution < -0.4 is 5.32 Å². The fraction of sp³-hybridized carbons (Fsp3) is 0.700. The predicted molar refractivity (Wildman–Crippen MR) is 68.8 cm³/mol. The van der Waals surface area contributed by atoms with Crippen molar-refractivity contribution >= 4 is 41.2 Å². The van der Waals surface area contributed by atoms with Crippen LogP contribution in [-0.4, -0.2) is 34.4 Å². The molecule has 0 aromatic carbocycles. The summed E-state index contributed by atoms with van der Waals surface area (Å²) in [6.45, 7) is 4.63. The maximum atomic E-state index is 11.6. The number of rotatable bonds is 6. The van der Waals surface area contributed by atoms with Gasteiger partial charge in [0.05, 0.1) is 0 Å². The van der Waals surface area contributed by atoms with Gasteiger partial charge in [-0.3, -0.25) is 14.4 Å². The Kier molecular flexibility index (Phi) is 7.49. The van der Waals surface area contributed by atoms with Gasteiger partial charge in [0.25, 0.3) is 0 Å². The lowest BCUT2D eigenvalue weighted by Gasteiger charge is -2.14. The van der Waals surface area contributed by atoms with Gasteiger partial charge in [0.1, 0.15) is 11.8 Å². The number of nitrogens with one attached hydrogen (secondary N) is 1. The van der Waals surface area contributed by atoms with E-state index in [1.807, 2.05) is 0 Å². The number of thioether (sulfide) groups is 1. The summed E-state index contributed by atoms with van der Waals surface area (Å²) in [4.78, 5) is 33.4. The molecule has 1 N–H and O–H groups in total. The Morgan fingerprint density at radius 2 is 1.88 bits per heavy atom. The zero-order chi connectivity index (χ0) is 12.7. The SMILES string of the molecule is CC(=O)NC(CS)C(=O)SCC(C)C(C)=O. The largest absolute Gasteiger partial charge is 0.345 e. The summed E-state index contributed by atoms with van der Waals surface area (Å²) in [6.07, 6.45) is 0. The van der Waals surface area contributed by atoms with Gasteiger partial charge in [-0.25, -0.2) is 0 Å². The number of carbonyl (C=O) groups is 3. The van der Waals surface area contributed by atoms with Crippen molar-refractivity contribution in [3.05, 3.63) is 0 Å². The summed E-state index contributed by atoms with van der Waals surface area (Å²) in [5.41, 5.74) is 0. The smallest absolute Gasteiger partial charge is 0.217 e. The van der Waals surface area contributed by atoms with Crippen molar-refractivity contribution in [2.75, 3.05) is 11.5 Å². The minimum Gasteiger partial charge on any atom is -0.345 e. The molecule has 0 aromatic rings. The van der Waals surface area contributed by atoms with Crippen molar-refractivity contribution in [3.8, 4) is 0 Å². The molecule has 0 aliphatic carbocycles. The monoisotopic (exact) mass is 263 g/mol. The molecule has 0 aliphatic rings. The maximum Gasteiger partial charge on any atom is 0.217 e. The van der Waals surface area contributed by atoms with E-state index in [0.29, 0.717) is 5.75 Å². The average molecular weight is 263 g/mol. The van der Waals surface area contributed by atoms with Crippen LogP contribution in [0.15, 0.2) is 0 Å². The van der Waals surface area contributed by atoms with Gasteiger partial charge < -0.3 is 5.32 Å². The predicted octanol–water partition coefficient (Wildman–Crippen LogP) is 0.906. The van der Waals surface area contributed by atoms with Crippen molar-refractivity contribution < 1.29 is 14.4 Å². The second-order valence-electron chi connectivity index (χ2n) is 3.58. The Morgan fingerprint density at radius 1 is 1.31 bits per heavy atom. The molecule has 1 amide bonds. The van der Waals surface area contributed by atoms with E-state index in [-0.39, 0.29) is 28.5 Å². The van der Waals surface area contributed by atoms with Crippen LogP contribution in [0, 0.1) is 5.92 Å². The second kappa shape index (κ2) is 7.73. The molecule has 16 heavy (non-hydrogen) atoms. The number of hydrogen-bond donors (Lipinski definition) is 2. The van der Waals surface area contributed by atoms with Crippen LogP contribution in [0.1, 0.15) is 20.8 Å². The third kappa shape index (κ3) is 6.17. The van der Waals surface area contributed by atoms with E-state index in [4.69, 9.17) is 0 Å². The number of thiol groups is 1. The lowest BCUT2D eigenvalue weighted by molar-refractivity contribution is -0.122. The Labute approximate surface area is 105 Å². The molecule has 0 saturated carbocycles. The van der Waals surface area contributed by atoms with Crippen LogP contribution in [-0.2, 0) is 14.4 Å². The molecule has 0 fully saturated rings. The average Bonchev–Trinajstić information content (AvgIpc) is 2.21. The normalized spacial score (nSPS) is 14.0. The fourth-order valence-corrected chi connectivity index (χ4v) is 2.22. The number of carbonyl (C=O) groups excluding carboxylic acids is 3. The van der Waals surface area contributed by atoms with E-state index in [0.717, 1.165) is 11.8 Å². The summed E-state index contributed by atoms with van der Waals surface area (Å²) in [5, 5.41) is 2.36. The van der Waals surface area contributed by atoms with Gasteiger partial charge in [0.2, 0.25) is 11.0 Å². The van der Waals surface area contributed by atoms with Crippen molar-refractivity contribution in [2.24, 2.45) is 5.92 Å². The summed E-state index contributed by atoms with van der Waals surface area (Å²) in [7, 11) is 0. The Bertz CT molecular complexity index is 281. The highest BCUT2D eigenvalue weighted by Gasteiger charge is 2.19. The highest BCUT2D eigenvalue weighted by Crippen LogP contribution is 2.13. The highest BCUT2D eigenvalue weighted by atomic mass is 32.2. The fourth-order valence-electron chi connectivity index (χ4n) is 0.850. The van der Waals surface area contributed by atoms with Gasteiger partial charge >= 0.3 is 0 Å². The van der Waals surface area contributed by atoms with Crippen LogP contribution in [0.25, 0.3) is 0 Å². The van der Waals surface area contributed by atoms with Gasteiger partial charge in [0, 0.05) is 24.3 Å². The van der Waals surface area contributed by atoms with E-state index in [1.165, 1.54) is 13.8 Å². The molecule has 0 aliphatic heterocycles. The van der Waals surface area contributed by atoms with Crippen LogP contribution in [0.5, 0.6) is 0 Å². The third-order valence-corrected chi connectivity index (χ3v) is 3.62. The summed E-state index contributed by atoms with van der Waals surface area (Å²) in [6, 6.07) is -0.579. The lowest BCUT2D eigenvalue weighted by atomic mass is 10.1. The molecular formula is C10H17NO3S2. The molecule has 92 valence electrons. The zero-order valence-electron chi connectivity index (χ0n) is 9.65. The number of hydrogen-bond acceptors (Lipinski definition) is 5. The minimum absolute atomic E-state index is 0.0576. The van der Waals surface area contributed by atoms with E-state index in [9.17, 15) is 14.4 Å². The first-order chi connectivity index (χ1) is 7.38. The summed E-state index contributed by atoms with van der Waals surface area (Å²) >= 11 is 5.06. The Balaban J connectivity index is 4.12. The number of ketones is 1. The molecule has 0 rings (SSSR count). The standard InChI is InChI=1S/C10H17NO3S2/c1-6(7(2)12)5-16-10(14)9(4-15)11-8(3)13/h6,9,15H,4-5H2,1-3H3,(H,11,13). The minimum atomic E-state index is -0.579. The lowest BCUT2D eigenvalue weighted by Crippen LogP contribution is -2.40. The van der Waals surface area contributed by atoms with E-state index in [1.54, 1.807) is 6.92 Å². The molecule has 2 atom stereocenters. The van der Waals surface area contributed by atoms with Crippen molar-refractivity contribution in [2.45, 2.75) is 26.8 Å². The van der Waals surface area contributed by atoms with Crippen LogP contribution in [0.3, 0.4) is 0 Å². The second-order valence-corrected chi connectivity index (χ2v) is 4.97. The van der Waals surface area contributed by atoms with Gasteiger partial charge in [-0.05, 0) is 6.92 Å². The van der Waals surface area contributed by atoms with Crippen molar-refractivity contribution in [1.29, 1.82) is 0 Å². The first-order valence-corrected chi connectivity index (χ1v) is 6.55. The van der Waals surface area contributed by atoms with Crippen LogP contribution >= 0.6 is 24.4 Å². The summed E-state index contributed by atoms with van der Waals surface area (Å²) < 4.78 is 0. The Morgan fingerprint density at radius 3 is 2.25 bits per heavy atom. The van der Waals surface area contributed by atoms with Gasteiger partial charge in [0.15, 0.2) is 0 Å². The van der Waals surface area contributed by atoms with E-state index in [2.05, 4.69) is 17.9 Å². The molecular weight excluding hydrogens is 246 g/mol.